The minimum absolute atomic E-state index is 0.220. The fourth-order valence-corrected chi connectivity index (χ4v) is 102. The predicted octanol–water partition coefficient (Wildman–Crippen LogP) is 5.74. The molecule has 1 rings (SSSR count). The van der Waals surface area contributed by atoms with Gasteiger partial charge in [-0.15, -0.1) is 0 Å². The quantitative estimate of drug-likeness (QED) is 0.574. The average molecular weight is 375 g/mol. The van der Waals surface area contributed by atoms with Gasteiger partial charge in [-0.05, 0) is 25.7 Å². The van der Waals surface area contributed by atoms with Crippen LogP contribution in [-0.4, -0.2) is 41.1 Å². The maximum Gasteiger partial charge on any atom is 0.264 e. The van der Waals surface area contributed by atoms with E-state index in [1.165, 1.54) is 19.3 Å². The summed E-state index contributed by atoms with van der Waals surface area (Å²) in [5.41, 5.74) is 0.330. The van der Waals surface area contributed by atoms with E-state index in [1.807, 2.05) is 0 Å². The molecule has 0 spiro atoms. The molecule has 1 saturated carbocycles. The van der Waals surface area contributed by atoms with Crippen molar-refractivity contribution >= 4 is 35.0 Å². The van der Waals surface area contributed by atoms with Crippen LogP contribution in [0.3, 0.4) is 0 Å². The van der Waals surface area contributed by atoms with Gasteiger partial charge < -0.3 is 4.74 Å². The van der Waals surface area contributed by atoms with Gasteiger partial charge in [0, 0.05) is 22.8 Å². The van der Waals surface area contributed by atoms with E-state index in [9.17, 15) is 4.79 Å². The topological polar surface area (TPSA) is 26.3 Å². The number of hydrogen-bond acceptors (Lipinski definition) is 2. The molecule has 0 radical (unpaired) electrons. The zero-order valence-corrected chi connectivity index (χ0v) is 20.4. The Kier molecular flexibility index (Phi) is 6.19. The molecule has 0 N–H and O–H groups in total. The Morgan fingerprint density at radius 1 is 0.727 bits per heavy atom. The van der Waals surface area contributed by atoms with Gasteiger partial charge in [0.25, 0.3) is 5.59 Å². The summed E-state index contributed by atoms with van der Waals surface area (Å²) in [7, 11) is -4.70. The monoisotopic (exact) mass is 374 g/mol. The average Bonchev–Trinajstić information content (AvgIpc) is 2.24. The molecule has 0 aromatic rings. The second kappa shape index (κ2) is 6.68. The SMILES string of the molecule is C[Si](C)(C)[Si](C(=O)OC1CCCCC1)([Si](C)(C)C)[Si](C)(C)C. The summed E-state index contributed by atoms with van der Waals surface area (Å²) in [5, 5.41) is 0. The van der Waals surface area contributed by atoms with Crippen LogP contribution in [0.1, 0.15) is 32.1 Å². The van der Waals surface area contributed by atoms with E-state index in [0.717, 1.165) is 12.8 Å². The molecule has 130 valence electrons. The maximum absolute atomic E-state index is 13.6. The lowest BCUT2D eigenvalue weighted by molar-refractivity contribution is 0.0944. The third kappa shape index (κ3) is 3.70. The third-order valence-electron chi connectivity index (χ3n) is 5.51. The number of ether oxygens (including phenoxy) is 1. The van der Waals surface area contributed by atoms with Crippen molar-refractivity contribution in [1.29, 1.82) is 0 Å². The minimum atomic E-state index is -2.03. The zero-order chi connectivity index (χ0) is 17.4. The molecule has 22 heavy (non-hydrogen) atoms. The molecule has 0 aromatic carbocycles. The van der Waals surface area contributed by atoms with Gasteiger partial charge in [-0.2, -0.15) is 0 Å². The molecular weight excluding hydrogens is 337 g/mol. The van der Waals surface area contributed by atoms with E-state index < -0.39 is 29.4 Å². The molecule has 6 heteroatoms. The fourth-order valence-electron chi connectivity index (χ4n) is 5.72. The van der Waals surface area contributed by atoms with Crippen molar-refractivity contribution < 1.29 is 9.53 Å². The van der Waals surface area contributed by atoms with Gasteiger partial charge in [0.2, 0.25) is 0 Å². The molecule has 0 saturated heterocycles. The molecular formula is C16H38O2Si4. The number of hydrogen-bond donors (Lipinski definition) is 0. The standard InChI is InChI=1S/C16H38O2Si4/c1-19(2,3)22(20(4,5)6,21(7,8)9)16(17)18-15-13-11-10-12-14-15/h15H,10-14H2,1-9H3. The van der Waals surface area contributed by atoms with Crippen molar-refractivity contribution in [3.63, 3.8) is 0 Å². The van der Waals surface area contributed by atoms with Crippen LogP contribution in [0.25, 0.3) is 0 Å². The van der Waals surface area contributed by atoms with Crippen LogP contribution in [0.2, 0.25) is 58.9 Å². The second-order valence-corrected chi connectivity index (χ2v) is 50.3. The first-order chi connectivity index (χ1) is 9.75. The lowest BCUT2D eigenvalue weighted by Gasteiger charge is -2.54. The summed E-state index contributed by atoms with van der Waals surface area (Å²) >= 11 is 0. The normalized spacial score (nSPS) is 19.1. The van der Waals surface area contributed by atoms with E-state index in [1.54, 1.807) is 0 Å². The van der Waals surface area contributed by atoms with Gasteiger partial charge >= 0.3 is 0 Å². The van der Waals surface area contributed by atoms with Crippen molar-refractivity contribution in [2.45, 2.75) is 97.1 Å². The molecule has 1 aliphatic carbocycles. The molecule has 1 fully saturated rings. The lowest BCUT2D eigenvalue weighted by atomic mass is 9.98. The molecule has 0 atom stereocenters. The lowest BCUT2D eigenvalue weighted by Crippen LogP contribution is -2.86. The molecule has 1 aliphatic rings. The van der Waals surface area contributed by atoms with Gasteiger partial charge in [0.15, 0.2) is 6.63 Å². The maximum atomic E-state index is 13.6. The molecule has 2 nitrogen and oxygen atoms in total. The summed E-state index contributed by atoms with van der Waals surface area (Å²) in [6.07, 6.45) is 6.20. The Morgan fingerprint density at radius 2 is 1.09 bits per heavy atom. The van der Waals surface area contributed by atoms with Crippen LogP contribution in [0.5, 0.6) is 0 Å². The predicted molar refractivity (Wildman–Crippen MR) is 109 cm³/mol. The van der Waals surface area contributed by atoms with Crippen molar-refractivity contribution in [3.8, 4) is 0 Å². The Bertz CT molecular complexity index is 360. The molecule has 0 unspecified atom stereocenters. The van der Waals surface area contributed by atoms with E-state index in [-0.39, 0.29) is 6.10 Å². The zero-order valence-electron chi connectivity index (χ0n) is 16.4. The molecule has 0 amide bonds. The highest BCUT2D eigenvalue weighted by molar-refractivity contribution is 7.96. The van der Waals surface area contributed by atoms with E-state index >= 15 is 0 Å². The van der Waals surface area contributed by atoms with Gasteiger partial charge in [-0.25, -0.2) is 0 Å². The van der Waals surface area contributed by atoms with E-state index in [2.05, 4.69) is 58.9 Å². The van der Waals surface area contributed by atoms with Crippen molar-refractivity contribution in [3.05, 3.63) is 0 Å². The van der Waals surface area contributed by atoms with E-state index in [4.69, 9.17) is 4.74 Å². The number of rotatable bonds is 5. The van der Waals surface area contributed by atoms with Crippen LogP contribution in [0.15, 0.2) is 0 Å². The highest BCUT2D eigenvalue weighted by Gasteiger charge is 2.68. The van der Waals surface area contributed by atoms with Crippen LogP contribution in [0, 0.1) is 0 Å². The molecule has 0 heterocycles. The minimum Gasteiger partial charge on any atom is -0.467 e. The summed E-state index contributed by atoms with van der Waals surface area (Å²) in [6.45, 7) is 20.1. The highest BCUT2D eigenvalue weighted by atomic mass is 29.9. The van der Waals surface area contributed by atoms with Crippen LogP contribution in [0.4, 0.5) is 4.79 Å². The highest BCUT2D eigenvalue weighted by Crippen LogP contribution is 2.39. The Balaban J connectivity index is 3.27. The van der Waals surface area contributed by atoms with Crippen LogP contribution >= 0.6 is 0 Å². The third-order valence-corrected chi connectivity index (χ3v) is 75.6. The fraction of sp³-hybridized carbons (Fsp3) is 0.938. The van der Waals surface area contributed by atoms with Gasteiger partial charge in [-0.1, -0.05) is 65.3 Å². The summed E-state index contributed by atoms with van der Waals surface area (Å²) in [6, 6.07) is 0. The first-order valence-corrected chi connectivity index (χ1v) is 24.5. The first-order valence-electron chi connectivity index (χ1n) is 8.96. The largest absolute Gasteiger partial charge is 0.467 e. The smallest absolute Gasteiger partial charge is 0.264 e. The summed E-state index contributed by atoms with van der Waals surface area (Å²) in [4.78, 5) is 13.6. The van der Waals surface area contributed by atoms with Crippen molar-refractivity contribution in [1.82, 2.24) is 0 Å². The van der Waals surface area contributed by atoms with Gasteiger partial charge in [0.05, 0.1) is 0 Å². The number of carbonyl (C=O) groups excluding carboxylic acids is 1. The van der Waals surface area contributed by atoms with Crippen LogP contribution in [-0.2, 0) is 4.74 Å². The van der Waals surface area contributed by atoms with E-state index in [0.29, 0.717) is 5.59 Å². The summed E-state index contributed by atoms with van der Waals surface area (Å²) < 4.78 is 6.26. The Hall–Kier alpha value is 0.338. The molecule has 0 aliphatic heterocycles. The number of carbonyl (C=O) groups is 1. The van der Waals surface area contributed by atoms with Gasteiger partial charge in [-0.3, -0.25) is 4.79 Å². The molecule has 0 aromatic heterocycles. The second-order valence-electron chi connectivity index (χ2n) is 10.2. The first kappa shape index (κ1) is 20.4. The Morgan fingerprint density at radius 3 is 1.41 bits per heavy atom. The van der Waals surface area contributed by atoms with Crippen LogP contribution < -0.4 is 0 Å². The Labute approximate surface area is 141 Å². The van der Waals surface area contributed by atoms with Gasteiger partial charge in [0.1, 0.15) is 6.10 Å². The van der Waals surface area contributed by atoms with Crippen molar-refractivity contribution in [2.24, 2.45) is 0 Å². The van der Waals surface area contributed by atoms with Crippen molar-refractivity contribution in [2.75, 3.05) is 0 Å². The molecule has 0 bridgehead atoms. The summed E-state index contributed by atoms with van der Waals surface area (Å²) in [5.74, 6) is 0.